The average molecular weight is 716 g/mol. The normalized spacial score (nSPS) is 13.8. The zero-order valence-electron chi connectivity index (χ0n) is 30.2. The van der Waals surface area contributed by atoms with Crippen molar-refractivity contribution in [1.29, 1.82) is 0 Å². The van der Waals surface area contributed by atoms with Crippen LogP contribution in [0, 0.1) is 23.7 Å². The first kappa shape index (κ1) is 43.8. The molecule has 1 aromatic carbocycles. The Morgan fingerprint density at radius 2 is 0.756 bits per heavy atom. The molecule has 4 atom stereocenters. The van der Waals surface area contributed by atoms with Crippen molar-refractivity contribution in [2.75, 3.05) is 13.2 Å². The Morgan fingerprint density at radius 3 is 1.04 bits per heavy atom. The molecule has 1 aromatic rings. The van der Waals surface area contributed by atoms with Crippen LogP contribution in [-0.4, -0.2) is 25.2 Å². The molecule has 5 heteroatoms. The molecule has 0 saturated heterocycles. The van der Waals surface area contributed by atoms with Crippen LogP contribution in [0.4, 0.5) is 0 Å². The number of carbonyl (C=O) groups excluding carboxylic acids is 2. The van der Waals surface area contributed by atoms with Crippen LogP contribution in [0.15, 0.2) is 24.3 Å². The van der Waals surface area contributed by atoms with E-state index in [2.05, 4.69) is 41.5 Å². The Balaban J connectivity index is 0.0000194. The van der Waals surface area contributed by atoms with E-state index < -0.39 is 11.9 Å². The smallest absolute Gasteiger partial charge is 0.339 e. The third kappa shape index (κ3) is 18.6. The molecule has 4 unspecified atom stereocenters. The van der Waals surface area contributed by atoms with Gasteiger partial charge in [0.2, 0.25) is 0 Å². The van der Waals surface area contributed by atoms with E-state index in [-0.39, 0.29) is 19.5 Å². The van der Waals surface area contributed by atoms with Crippen LogP contribution in [0.3, 0.4) is 0 Å². The van der Waals surface area contributed by atoms with Gasteiger partial charge in [0.25, 0.3) is 0 Å². The van der Waals surface area contributed by atoms with Crippen molar-refractivity contribution < 1.29 is 38.5 Å². The first-order chi connectivity index (χ1) is 21.5. The number of hydrogen-bond donors (Lipinski definition) is 0. The SMILES string of the molecule is CCCCC(CCC)C(CCCC)CCCOC(=O)c1ccccc1C(=O)OCCCC(CCCC)C(CCC)CCCC.[Ru]. The van der Waals surface area contributed by atoms with Gasteiger partial charge in [-0.25, -0.2) is 9.59 Å². The summed E-state index contributed by atoms with van der Waals surface area (Å²) in [6.45, 7) is 14.5. The van der Waals surface area contributed by atoms with Gasteiger partial charge in [-0.3, -0.25) is 0 Å². The third-order valence-corrected chi connectivity index (χ3v) is 9.64. The molecule has 262 valence electrons. The monoisotopic (exact) mass is 716 g/mol. The maximum absolute atomic E-state index is 13.1. The number of hydrogen-bond acceptors (Lipinski definition) is 4. The van der Waals surface area contributed by atoms with Crippen molar-refractivity contribution in [3.63, 3.8) is 0 Å². The summed E-state index contributed by atoms with van der Waals surface area (Å²) in [5.74, 6) is 2.11. The van der Waals surface area contributed by atoms with Crippen LogP contribution < -0.4 is 0 Å². The molecular formula is C40H70O4Ru. The summed E-state index contributed by atoms with van der Waals surface area (Å²) in [5, 5.41) is 0. The van der Waals surface area contributed by atoms with Crippen LogP contribution in [0.1, 0.15) is 191 Å². The molecule has 0 saturated carbocycles. The summed E-state index contributed by atoms with van der Waals surface area (Å²) in [7, 11) is 0. The zero-order valence-corrected chi connectivity index (χ0v) is 31.9. The number of ether oxygens (including phenoxy) is 2. The van der Waals surface area contributed by atoms with Gasteiger partial charge in [0.1, 0.15) is 0 Å². The summed E-state index contributed by atoms with van der Waals surface area (Å²) < 4.78 is 11.4. The minimum absolute atomic E-state index is 0. The molecule has 0 aliphatic rings. The molecule has 0 fully saturated rings. The van der Waals surface area contributed by atoms with Crippen LogP contribution in [-0.2, 0) is 29.0 Å². The van der Waals surface area contributed by atoms with E-state index in [0.717, 1.165) is 37.5 Å². The van der Waals surface area contributed by atoms with Gasteiger partial charge in [0, 0.05) is 19.5 Å². The predicted octanol–water partition coefficient (Wildman–Crippen LogP) is 12.4. The fourth-order valence-corrected chi connectivity index (χ4v) is 7.09. The van der Waals surface area contributed by atoms with E-state index in [9.17, 15) is 9.59 Å². The maximum atomic E-state index is 13.1. The third-order valence-electron chi connectivity index (χ3n) is 9.64. The molecule has 4 nitrogen and oxygen atoms in total. The van der Waals surface area contributed by atoms with Gasteiger partial charge in [-0.2, -0.15) is 0 Å². The summed E-state index contributed by atoms with van der Waals surface area (Å²) in [6.07, 6.45) is 24.2. The zero-order chi connectivity index (χ0) is 32.4. The first-order valence-corrected chi connectivity index (χ1v) is 18.9. The standard InChI is InChI=1S/C40H70O4.Ru/c1-7-13-23-33(21-11-5)35(25-15-9-3)27-19-31-43-39(41)37-29-17-18-30-38(37)40(42)44-32-20-28-36(26-16-10-4)34(22-12-6)24-14-8-2;/h17-18,29-30,33-36H,7-16,19-28,31-32H2,1-6H3;. The van der Waals surface area contributed by atoms with E-state index in [0.29, 0.717) is 36.2 Å². The molecule has 1 rings (SSSR count). The minimum Gasteiger partial charge on any atom is -0.462 e. The predicted molar refractivity (Wildman–Crippen MR) is 187 cm³/mol. The molecule has 0 radical (unpaired) electrons. The van der Waals surface area contributed by atoms with Crippen molar-refractivity contribution in [1.82, 2.24) is 0 Å². The molecule has 0 spiro atoms. The Labute approximate surface area is 291 Å². The number of benzene rings is 1. The second-order valence-electron chi connectivity index (χ2n) is 13.3. The molecule has 0 aromatic heterocycles. The second-order valence-corrected chi connectivity index (χ2v) is 13.3. The van der Waals surface area contributed by atoms with Gasteiger partial charge in [-0.05, 0) is 61.5 Å². The molecular weight excluding hydrogens is 646 g/mol. The van der Waals surface area contributed by atoms with Crippen molar-refractivity contribution in [2.24, 2.45) is 23.7 Å². The second kappa shape index (κ2) is 29.0. The van der Waals surface area contributed by atoms with Crippen LogP contribution >= 0.6 is 0 Å². The topological polar surface area (TPSA) is 52.6 Å². The van der Waals surface area contributed by atoms with Gasteiger partial charge in [-0.1, -0.05) is 156 Å². The summed E-state index contributed by atoms with van der Waals surface area (Å²) >= 11 is 0. The summed E-state index contributed by atoms with van der Waals surface area (Å²) in [5.41, 5.74) is 0.630. The Morgan fingerprint density at radius 1 is 0.467 bits per heavy atom. The van der Waals surface area contributed by atoms with Crippen LogP contribution in [0.5, 0.6) is 0 Å². The van der Waals surface area contributed by atoms with E-state index in [1.165, 1.54) is 103 Å². The maximum Gasteiger partial charge on any atom is 0.339 e. The molecule has 0 N–H and O–H groups in total. The minimum atomic E-state index is -0.420. The van der Waals surface area contributed by atoms with E-state index in [1.807, 2.05) is 0 Å². The van der Waals surface area contributed by atoms with E-state index in [1.54, 1.807) is 24.3 Å². The number of rotatable bonds is 28. The average Bonchev–Trinajstić information content (AvgIpc) is 3.04. The van der Waals surface area contributed by atoms with Crippen molar-refractivity contribution in [3.8, 4) is 0 Å². The number of esters is 2. The van der Waals surface area contributed by atoms with E-state index in [4.69, 9.17) is 9.47 Å². The molecule has 0 heterocycles. The summed E-state index contributed by atoms with van der Waals surface area (Å²) in [4.78, 5) is 26.2. The Bertz CT molecular complexity index is 787. The molecule has 45 heavy (non-hydrogen) atoms. The van der Waals surface area contributed by atoms with Gasteiger partial charge in [-0.15, -0.1) is 0 Å². The summed E-state index contributed by atoms with van der Waals surface area (Å²) in [6, 6.07) is 6.96. The van der Waals surface area contributed by atoms with Gasteiger partial charge >= 0.3 is 11.9 Å². The number of carbonyl (C=O) groups is 2. The molecule has 0 aliphatic carbocycles. The van der Waals surface area contributed by atoms with Crippen molar-refractivity contribution >= 4 is 11.9 Å². The van der Waals surface area contributed by atoms with Gasteiger partial charge in [0.15, 0.2) is 0 Å². The Hall–Kier alpha value is -1.22. The van der Waals surface area contributed by atoms with Gasteiger partial charge in [0.05, 0.1) is 24.3 Å². The Kier molecular flexibility index (Phi) is 28.2. The largest absolute Gasteiger partial charge is 0.462 e. The molecule has 0 bridgehead atoms. The van der Waals surface area contributed by atoms with E-state index >= 15 is 0 Å². The fourth-order valence-electron chi connectivity index (χ4n) is 7.09. The van der Waals surface area contributed by atoms with Crippen LogP contribution in [0.2, 0.25) is 0 Å². The quantitative estimate of drug-likeness (QED) is 0.0492. The first-order valence-electron chi connectivity index (χ1n) is 18.9. The fraction of sp³-hybridized carbons (Fsp3) is 0.800. The van der Waals surface area contributed by atoms with Gasteiger partial charge < -0.3 is 9.47 Å². The van der Waals surface area contributed by atoms with Crippen LogP contribution in [0.25, 0.3) is 0 Å². The van der Waals surface area contributed by atoms with Crippen molar-refractivity contribution in [2.45, 2.75) is 170 Å². The number of unbranched alkanes of at least 4 members (excludes halogenated alkanes) is 4. The van der Waals surface area contributed by atoms with Crippen molar-refractivity contribution in [3.05, 3.63) is 35.4 Å². The molecule has 0 aliphatic heterocycles. The molecule has 0 amide bonds.